The van der Waals surface area contributed by atoms with Gasteiger partial charge in [-0.1, -0.05) is 146 Å². The van der Waals surface area contributed by atoms with Crippen LogP contribution in [-0.4, -0.2) is 16.7 Å². The van der Waals surface area contributed by atoms with E-state index in [2.05, 4.69) is 121 Å². The molecule has 0 fully saturated rings. The Kier molecular flexibility index (Phi) is 6.81. The van der Waals surface area contributed by atoms with Gasteiger partial charge in [-0.15, -0.1) is 0 Å². The number of nitrogens with zero attached hydrogens (tertiary/aromatic N) is 3. The summed E-state index contributed by atoms with van der Waals surface area (Å²) in [7, 11) is 0. The number of furan rings is 1. The molecular formula is C46H30N4O. The number of nitrogens with one attached hydrogen (secondary N) is 1. The standard InChI is InChI=1S/C46H30N4O/c1-4-14-29(15-5-1)33-26-38(42-40(28-33)51-41-27-32-20-10-13-23-39(32)47-43(41)42)36-24-25-37(35-22-12-11-21-34(35)36)46-49-44(30-16-6-2-7-17-30)48-45(50-46)31-18-8-3-9-19-31/h1-28,46H,(H,48,49,50). The van der Waals surface area contributed by atoms with Crippen molar-refractivity contribution in [3.8, 4) is 22.3 Å². The Labute approximate surface area is 294 Å². The van der Waals surface area contributed by atoms with Crippen LogP contribution in [0.15, 0.2) is 184 Å². The Morgan fingerprint density at radius 3 is 1.78 bits per heavy atom. The summed E-state index contributed by atoms with van der Waals surface area (Å²) in [5.74, 6) is 1.59. The molecular weight excluding hydrogens is 625 g/mol. The maximum Gasteiger partial charge on any atom is 0.170 e. The van der Waals surface area contributed by atoms with E-state index in [0.29, 0.717) is 0 Å². The van der Waals surface area contributed by atoms with Crippen molar-refractivity contribution in [2.75, 3.05) is 0 Å². The van der Waals surface area contributed by atoms with Gasteiger partial charge < -0.3 is 9.73 Å². The molecule has 1 aliphatic heterocycles. The number of hydrogen-bond donors (Lipinski definition) is 1. The second-order valence-corrected chi connectivity index (χ2v) is 12.8. The van der Waals surface area contributed by atoms with Gasteiger partial charge >= 0.3 is 0 Å². The van der Waals surface area contributed by atoms with E-state index in [0.717, 1.165) is 94.4 Å². The number of pyridine rings is 1. The van der Waals surface area contributed by atoms with Crippen molar-refractivity contribution in [1.82, 2.24) is 10.3 Å². The van der Waals surface area contributed by atoms with E-state index in [9.17, 15) is 0 Å². The van der Waals surface area contributed by atoms with Crippen LogP contribution >= 0.6 is 0 Å². The summed E-state index contributed by atoms with van der Waals surface area (Å²) < 4.78 is 6.62. The second-order valence-electron chi connectivity index (χ2n) is 12.8. The van der Waals surface area contributed by atoms with Crippen LogP contribution in [0, 0.1) is 0 Å². The molecule has 2 aromatic heterocycles. The summed E-state index contributed by atoms with van der Waals surface area (Å²) in [5.41, 5.74) is 10.8. The largest absolute Gasteiger partial charge is 0.454 e. The molecule has 1 aliphatic rings. The SMILES string of the molecule is c1ccc(C2=NC(c3ccc(-c4cc(-c5ccccc5)cc5oc6cc7ccccc7nc6c45)c4ccccc34)N=C(c3ccccc3)N2)cc1. The third-order valence-corrected chi connectivity index (χ3v) is 9.72. The van der Waals surface area contributed by atoms with Gasteiger partial charge in [-0.3, -0.25) is 0 Å². The van der Waals surface area contributed by atoms with E-state index in [4.69, 9.17) is 19.4 Å². The Balaban J connectivity index is 1.21. The molecule has 5 heteroatoms. The van der Waals surface area contributed by atoms with Gasteiger partial charge in [-0.2, -0.15) is 0 Å². The number of hydrogen-bond acceptors (Lipinski definition) is 5. The molecule has 51 heavy (non-hydrogen) atoms. The minimum absolute atomic E-state index is 0.450. The van der Waals surface area contributed by atoms with Gasteiger partial charge in [-0.05, 0) is 57.3 Å². The molecule has 7 aromatic carbocycles. The molecule has 0 aliphatic carbocycles. The summed E-state index contributed by atoms with van der Waals surface area (Å²) in [6, 6.07) is 58.7. The topological polar surface area (TPSA) is 62.8 Å². The second kappa shape index (κ2) is 11.9. The van der Waals surface area contributed by atoms with Crippen molar-refractivity contribution < 1.29 is 4.42 Å². The fourth-order valence-electron chi connectivity index (χ4n) is 7.28. The normalized spacial score (nSPS) is 13.4. The molecule has 5 nitrogen and oxygen atoms in total. The number of aliphatic imine (C=N–C) groups is 2. The molecule has 240 valence electrons. The first-order valence-corrected chi connectivity index (χ1v) is 17.1. The predicted molar refractivity (Wildman–Crippen MR) is 209 cm³/mol. The smallest absolute Gasteiger partial charge is 0.170 e. The van der Waals surface area contributed by atoms with E-state index in [1.165, 1.54) is 0 Å². The summed E-state index contributed by atoms with van der Waals surface area (Å²) in [6.45, 7) is 0. The van der Waals surface area contributed by atoms with Crippen molar-refractivity contribution in [2.45, 2.75) is 6.17 Å². The number of fused-ring (bicyclic) bond motifs is 5. The average molecular weight is 655 g/mol. The minimum atomic E-state index is -0.450. The Bertz CT molecular complexity index is 2770. The first-order chi connectivity index (χ1) is 25.3. The zero-order valence-electron chi connectivity index (χ0n) is 27.5. The molecule has 0 saturated carbocycles. The van der Waals surface area contributed by atoms with Crippen LogP contribution in [0.25, 0.3) is 66.0 Å². The average Bonchev–Trinajstić information content (AvgIpc) is 3.57. The maximum atomic E-state index is 6.62. The lowest BCUT2D eigenvalue weighted by Crippen LogP contribution is -2.36. The summed E-state index contributed by atoms with van der Waals surface area (Å²) >= 11 is 0. The summed E-state index contributed by atoms with van der Waals surface area (Å²) in [5, 5.41) is 7.79. The van der Waals surface area contributed by atoms with E-state index in [-0.39, 0.29) is 0 Å². The minimum Gasteiger partial charge on any atom is -0.454 e. The summed E-state index contributed by atoms with van der Waals surface area (Å²) in [4.78, 5) is 15.6. The van der Waals surface area contributed by atoms with Crippen LogP contribution in [-0.2, 0) is 0 Å². The third-order valence-electron chi connectivity index (χ3n) is 9.72. The zero-order chi connectivity index (χ0) is 33.7. The molecule has 0 atom stereocenters. The number of para-hydroxylation sites is 1. The number of aromatic nitrogens is 1. The molecule has 10 rings (SSSR count). The highest BCUT2D eigenvalue weighted by atomic mass is 16.3. The van der Waals surface area contributed by atoms with Crippen molar-refractivity contribution in [3.05, 3.63) is 187 Å². The zero-order valence-corrected chi connectivity index (χ0v) is 27.5. The molecule has 1 N–H and O–H groups in total. The van der Waals surface area contributed by atoms with Gasteiger partial charge in [0.25, 0.3) is 0 Å². The third kappa shape index (κ3) is 5.06. The first kappa shape index (κ1) is 29.1. The monoisotopic (exact) mass is 654 g/mol. The lowest BCUT2D eigenvalue weighted by Gasteiger charge is -2.23. The van der Waals surface area contributed by atoms with E-state index >= 15 is 0 Å². The van der Waals surface area contributed by atoms with Crippen LogP contribution < -0.4 is 5.32 Å². The van der Waals surface area contributed by atoms with Crippen LogP contribution in [0.1, 0.15) is 22.9 Å². The molecule has 0 spiro atoms. The van der Waals surface area contributed by atoms with E-state index in [1.807, 2.05) is 54.6 Å². The fourth-order valence-corrected chi connectivity index (χ4v) is 7.28. The van der Waals surface area contributed by atoms with Gasteiger partial charge in [0.1, 0.15) is 22.8 Å². The van der Waals surface area contributed by atoms with Gasteiger partial charge in [0.15, 0.2) is 11.7 Å². The molecule has 0 unspecified atom stereocenters. The highest BCUT2D eigenvalue weighted by molar-refractivity contribution is 6.18. The van der Waals surface area contributed by atoms with Crippen LogP contribution in [0.3, 0.4) is 0 Å². The van der Waals surface area contributed by atoms with Gasteiger partial charge in [-0.25, -0.2) is 15.0 Å². The molecule has 0 amide bonds. The molecule has 9 aromatic rings. The van der Waals surface area contributed by atoms with Crippen LogP contribution in [0.5, 0.6) is 0 Å². The Hall–Kier alpha value is -6.85. The quantitative estimate of drug-likeness (QED) is 0.201. The molecule has 0 saturated heterocycles. The lowest BCUT2D eigenvalue weighted by atomic mass is 9.90. The Morgan fingerprint density at radius 1 is 0.471 bits per heavy atom. The lowest BCUT2D eigenvalue weighted by molar-refractivity contribution is 0.669. The van der Waals surface area contributed by atoms with Gasteiger partial charge in [0, 0.05) is 22.1 Å². The van der Waals surface area contributed by atoms with E-state index in [1.54, 1.807) is 0 Å². The predicted octanol–water partition coefficient (Wildman–Crippen LogP) is 11.1. The Morgan fingerprint density at radius 2 is 1.08 bits per heavy atom. The van der Waals surface area contributed by atoms with Crippen molar-refractivity contribution in [3.63, 3.8) is 0 Å². The maximum absolute atomic E-state index is 6.62. The summed E-state index contributed by atoms with van der Waals surface area (Å²) in [6.07, 6.45) is -0.450. The van der Waals surface area contributed by atoms with Crippen LogP contribution in [0.4, 0.5) is 0 Å². The highest BCUT2D eigenvalue weighted by Crippen LogP contribution is 2.43. The number of benzene rings is 7. The van der Waals surface area contributed by atoms with Crippen molar-refractivity contribution in [1.29, 1.82) is 0 Å². The van der Waals surface area contributed by atoms with E-state index < -0.39 is 6.17 Å². The van der Waals surface area contributed by atoms with Crippen molar-refractivity contribution in [2.24, 2.45) is 9.98 Å². The molecule has 0 bridgehead atoms. The molecule has 0 radical (unpaired) electrons. The fraction of sp³-hybridized carbons (Fsp3) is 0.0217. The van der Waals surface area contributed by atoms with Crippen LogP contribution in [0.2, 0.25) is 0 Å². The first-order valence-electron chi connectivity index (χ1n) is 17.1. The van der Waals surface area contributed by atoms with Crippen molar-refractivity contribution >= 4 is 55.4 Å². The number of rotatable bonds is 5. The highest BCUT2D eigenvalue weighted by Gasteiger charge is 2.24. The molecule has 3 heterocycles. The van der Waals surface area contributed by atoms with Gasteiger partial charge in [0.05, 0.1) is 10.9 Å². The van der Waals surface area contributed by atoms with Gasteiger partial charge in [0.2, 0.25) is 0 Å². The number of amidine groups is 2.